The van der Waals surface area contributed by atoms with Gasteiger partial charge in [0.15, 0.2) is 0 Å². The number of nitrogens with one attached hydrogen (secondary N) is 1. The first-order chi connectivity index (χ1) is 5.93. The Morgan fingerprint density at radius 3 is 2.17 bits per heavy atom. The Hall–Kier alpha value is -0.820. The van der Waals surface area contributed by atoms with Crippen molar-refractivity contribution in [1.29, 1.82) is 0 Å². The summed E-state index contributed by atoms with van der Waals surface area (Å²) in [6.45, 7) is 8.13. The summed E-state index contributed by atoms with van der Waals surface area (Å²) in [4.78, 5) is 0. The smallest absolute Gasteiger partial charge is 0.0205 e. The number of hydrogen-bond donors (Lipinski definition) is 1. The summed E-state index contributed by atoms with van der Waals surface area (Å²) in [6, 6.07) is 10.4. The van der Waals surface area contributed by atoms with Gasteiger partial charge in [-0.05, 0) is 12.1 Å². The fraction of sp³-hybridized carbons (Fsp3) is 0.455. The third kappa shape index (κ3) is 4.91. The summed E-state index contributed by atoms with van der Waals surface area (Å²) in [5, 5.41) is 3.26. The molecular formula is C11H19N. The largest absolute Gasteiger partial charge is 0.313 e. The van der Waals surface area contributed by atoms with E-state index in [2.05, 4.69) is 36.5 Å². The van der Waals surface area contributed by atoms with Gasteiger partial charge < -0.3 is 5.32 Å². The molecule has 1 heteroatoms. The van der Waals surface area contributed by atoms with Crippen molar-refractivity contribution in [3.8, 4) is 0 Å². The topological polar surface area (TPSA) is 12.0 Å². The third-order valence-corrected chi connectivity index (χ3v) is 1.42. The average molecular weight is 165 g/mol. The van der Waals surface area contributed by atoms with Crippen LogP contribution in [0.1, 0.15) is 26.3 Å². The standard InChI is InChI=1S/C9H13N.C2H6/c1-2-10-8-9-6-4-3-5-7-9;1-2/h3-7,10H,2,8H2,1H3;1-2H3. The van der Waals surface area contributed by atoms with Crippen molar-refractivity contribution in [2.75, 3.05) is 6.54 Å². The summed E-state index contributed by atoms with van der Waals surface area (Å²) < 4.78 is 0. The van der Waals surface area contributed by atoms with Crippen LogP contribution in [0.3, 0.4) is 0 Å². The fourth-order valence-corrected chi connectivity index (χ4v) is 0.865. The summed E-state index contributed by atoms with van der Waals surface area (Å²) in [5.74, 6) is 0. The van der Waals surface area contributed by atoms with E-state index in [1.165, 1.54) is 5.56 Å². The van der Waals surface area contributed by atoms with Crippen molar-refractivity contribution in [3.05, 3.63) is 35.9 Å². The molecule has 68 valence electrons. The van der Waals surface area contributed by atoms with Crippen molar-refractivity contribution < 1.29 is 0 Å². The fourth-order valence-electron chi connectivity index (χ4n) is 0.865. The van der Waals surface area contributed by atoms with Gasteiger partial charge in [-0.25, -0.2) is 0 Å². The molecule has 0 radical (unpaired) electrons. The number of hydrogen-bond acceptors (Lipinski definition) is 1. The molecule has 1 nitrogen and oxygen atoms in total. The van der Waals surface area contributed by atoms with Crippen LogP contribution in [0.25, 0.3) is 0 Å². The predicted molar refractivity (Wildman–Crippen MR) is 55.2 cm³/mol. The molecule has 0 heterocycles. The summed E-state index contributed by atoms with van der Waals surface area (Å²) in [7, 11) is 0. The molecule has 0 bridgehead atoms. The van der Waals surface area contributed by atoms with Gasteiger partial charge in [-0.2, -0.15) is 0 Å². The Kier molecular flexibility index (Phi) is 7.71. The summed E-state index contributed by atoms with van der Waals surface area (Å²) in [5.41, 5.74) is 1.35. The molecule has 0 amide bonds. The van der Waals surface area contributed by atoms with E-state index in [1.807, 2.05) is 19.9 Å². The highest BCUT2D eigenvalue weighted by atomic mass is 14.8. The molecule has 1 aromatic rings. The van der Waals surface area contributed by atoms with Crippen LogP contribution in [0.5, 0.6) is 0 Å². The van der Waals surface area contributed by atoms with Crippen LogP contribution in [-0.2, 0) is 6.54 Å². The number of rotatable bonds is 3. The second kappa shape index (κ2) is 8.28. The molecule has 0 aliphatic rings. The molecule has 0 fully saturated rings. The summed E-state index contributed by atoms with van der Waals surface area (Å²) in [6.07, 6.45) is 0. The van der Waals surface area contributed by atoms with Gasteiger partial charge in [-0.15, -0.1) is 0 Å². The molecule has 0 saturated heterocycles. The zero-order valence-corrected chi connectivity index (χ0v) is 8.30. The van der Waals surface area contributed by atoms with E-state index >= 15 is 0 Å². The Bertz CT molecular complexity index is 170. The molecule has 1 rings (SSSR count). The lowest BCUT2D eigenvalue weighted by Crippen LogP contribution is -2.11. The van der Waals surface area contributed by atoms with E-state index in [-0.39, 0.29) is 0 Å². The van der Waals surface area contributed by atoms with Crippen molar-refractivity contribution in [2.45, 2.75) is 27.3 Å². The minimum absolute atomic E-state index is 0.983. The zero-order valence-electron chi connectivity index (χ0n) is 8.30. The highest BCUT2D eigenvalue weighted by Gasteiger charge is 1.85. The molecule has 0 atom stereocenters. The van der Waals surface area contributed by atoms with Crippen molar-refractivity contribution in [3.63, 3.8) is 0 Å². The van der Waals surface area contributed by atoms with Crippen LogP contribution in [-0.4, -0.2) is 6.54 Å². The quantitative estimate of drug-likeness (QED) is 0.726. The van der Waals surface area contributed by atoms with Gasteiger partial charge in [0.05, 0.1) is 0 Å². The van der Waals surface area contributed by atoms with E-state index in [0.29, 0.717) is 0 Å². The normalized spacial score (nSPS) is 8.58. The first-order valence-corrected chi connectivity index (χ1v) is 4.68. The highest BCUT2D eigenvalue weighted by Crippen LogP contribution is 1.96. The van der Waals surface area contributed by atoms with Crippen LogP contribution in [0.15, 0.2) is 30.3 Å². The van der Waals surface area contributed by atoms with Crippen LogP contribution >= 0.6 is 0 Å². The summed E-state index contributed by atoms with van der Waals surface area (Å²) >= 11 is 0. The molecule has 12 heavy (non-hydrogen) atoms. The van der Waals surface area contributed by atoms with Crippen LogP contribution in [0, 0.1) is 0 Å². The van der Waals surface area contributed by atoms with E-state index < -0.39 is 0 Å². The molecule has 0 saturated carbocycles. The Morgan fingerprint density at radius 2 is 1.67 bits per heavy atom. The maximum atomic E-state index is 3.26. The van der Waals surface area contributed by atoms with Crippen LogP contribution < -0.4 is 5.32 Å². The van der Waals surface area contributed by atoms with Crippen molar-refractivity contribution in [1.82, 2.24) is 5.32 Å². The Balaban J connectivity index is 0.000000561. The highest BCUT2D eigenvalue weighted by molar-refractivity contribution is 5.14. The van der Waals surface area contributed by atoms with Crippen LogP contribution in [0.2, 0.25) is 0 Å². The molecule has 0 spiro atoms. The Labute approximate surface area is 75.8 Å². The monoisotopic (exact) mass is 165 g/mol. The SMILES string of the molecule is CC.CCNCc1ccccc1. The second-order valence-electron chi connectivity index (χ2n) is 2.27. The maximum absolute atomic E-state index is 3.26. The molecule has 0 aliphatic carbocycles. The first kappa shape index (κ1) is 11.2. The van der Waals surface area contributed by atoms with E-state index in [4.69, 9.17) is 0 Å². The molecule has 1 N–H and O–H groups in total. The lowest BCUT2D eigenvalue weighted by molar-refractivity contribution is 0.727. The van der Waals surface area contributed by atoms with Gasteiger partial charge in [0.2, 0.25) is 0 Å². The molecular weight excluding hydrogens is 146 g/mol. The minimum Gasteiger partial charge on any atom is -0.313 e. The lowest BCUT2D eigenvalue weighted by atomic mass is 10.2. The molecule has 0 aliphatic heterocycles. The first-order valence-electron chi connectivity index (χ1n) is 4.68. The molecule has 1 aromatic carbocycles. The van der Waals surface area contributed by atoms with Gasteiger partial charge in [-0.1, -0.05) is 51.1 Å². The van der Waals surface area contributed by atoms with Gasteiger partial charge in [0.25, 0.3) is 0 Å². The average Bonchev–Trinajstić information content (AvgIpc) is 2.19. The predicted octanol–water partition coefficient (Wildman–Crippen LogP) is 2.82. The third-order valence-electron chi connectivity index (χ3n) is 1.42. The van der Waals surface area contributed by atoms with E-state index in [9.17, 15) is 0 Å². The van der Waals surface area contributed by atoms with Crippen LogP contribution in [0.4, 0.5) is 0 Å². The zero-order chi connectivity index (χ0) is 9.23. The van der Waals surface area contributed by atoms with Gasteiger partial charge >= 0.3 is 0 Å². The van der Waals surface area contributed by atoms with Crippen molar-refractivity contribution in [2.24, 2.45) is 0 Å². The second-order valence-corrected chi connectivity index (χ2v) is 2.27. The molecule has 0 unspecified atom stereocenters. The Morgan fingerprint density at radius 1 is 1.08 bits per heavy atom. The van der Waals surface area contributed by atoms with Crippen molar-refractivity contribution >= 4 is 0 Å². The van der Waals surface area contributed by atoms with E-state index in [0.717, 1.165) is 13.1 Å². The minimum atomic E-state index is 0.983. The number of benzene rings is 1. The lowest BCUT2D eigenvalue weighted by Gasteiger charge is -1.99. The van der Waals surface area contributed by atoms with Gasteiger partial charge in [-0.3, -0.25) is 0 Å². The molecule has 0 aromatic heterocycles. The van der Waals surface area contributed by atoms with Gasteiger partial charge in [0, 0.05) is 6.54 Å². The van der Waals surface area contributed by atoms with Gasteiger partial charge in [0.1, 0.15) is 0 Å². The van der Waals surface area contributed by atoms with E-state index in [1.54, 1.807) is 0 Å². The maximum Gasteiger partial charge on any atom is 0.0205 e.